The highest BCUT2D eigenvalue weighted by Crippen LogP contribution is 2.39. The van der Waals surface area contributed by atoms with E-state index in [-0.39, 0.29) is 11.4 Å². The average Bonchev–Trinajstić information content (AvgIpc) is 3.02. The average molecular weight is 360 g/mol. The molecule has 1 heterocycles. The number of hydrogen-bond acceptors (Lipinski definition) is 7. The highest BCUT2D eigenvalue weighted by molar-refractivity contribution is 6.35. The summed E-state index contributed by atoms with van der Waals surface area (Å²) in [4.78, 5) is 9.82. The number of alkyl halides is 3. The number of aromatic amines is 1. The number of tetrazole rings is 1. The van der Waals surface area contributed by atoms with Crippen LogP contribution in [0.3, 0.4) is 0 Å². The largest absolute Gasteiger partial charge is 0.416 e. The molecule has 0 atom stereocenters. The number of H-pyrrole nitrogens is 1. The minimum atomic E-state index is -4.82. The van der Waals surface area contributed by atoms with Crippen molar-refractivity contribution in [2.45, 2.75) is 6.18 Å². The number of anilines is 1. The Morgan fingerprint density at radius 2 is 2.21 bits per heavy atom. The van der Waals surface area contributed by atoms with Gasteiger partial charge in [0.25, 0.3) is 5.69 Å². The van der Waals surface area contributed by atoms with E-state index in [1.165, 1.54) is 0 Å². The molecule has 2 aromatic rings. The molecular formula is C11H5ClF3N7O2. The van der Waals surface area contributed by atoms with E-state index >= 15 is 0 Å². The molecule has 0 aliphatic carbocycles. The summed E-state index contributed by atoms with van der Waals surface area (Å²) in [6.45, 7) is 0. The lowest BCUT2D eigenvalue weighted by Gasteiger charge is -2.11. The van der Waals surface area contributed by atoms with E-state index in [1.807, 2.05) is 0 Å². The number of nitrogens with zero attached hydrogens (tertiary/aromatic N) is 5. The highest BCUT2D eigenvalue weighted by Gasteiger charge is 2.34. The molecule has 0 bridgehead atoms. The fraction of sp³-hybridized carbons (Fsp3) is 0.0909. The van der Waals surface area contributed by atoms with Crippen LogP contribution in [-0.4, -0.2) is 25.5 Å². The third-order valence-electron chi connectivity index (χ3n) is 2.66. The molecule has 1 aromatic heterocycles. The molecule has 13 heteroatoms. The van der Waals surface area contributed by atoms with Crippen molar-refractivity contribution in [3.05, 3.63) is 44.9 Å². The first-order valence-electron chi connectivity index (χ1n) is 5.89. The highest BCUT2D eigenvalue weighted by atomic mass is 35.5. The number of allylic oxidation sites excluding steroid dienone is 1. The molecule has 24 heavy (non-hydrogen) atoms. The summed E-state index contributed by atoms with van der Waals surface area (Å²) in [7, 11) is 0. The number of nitrogens with one attached hydrogen (secondary N) is 2. The molecule has 0 saturated heterocycles. The normalized spacial score (nSPS) is 11.9. The topological polar surface area (TPSA) is 133 Å². The molecule has 0 amide bonds. The molecule has 0 aliphatic rings. The number of nitro groups is 1. The summed E-state index contributed by atoms with van der Waals surface area (Å²) in [6.07, 6.45) is -3.86. The van der Waals surface area contributed by atoms with Crippen molar-refractivity contribution >= 4 is 28.5 Å². The quantitative estimate of drug-likeness (QED) is 0.487. The Hall–Kier alpha value is -3.20. The van der Waals surface area contributed by atoms with Crippen molar-refractivity contribution in [1.29, 1.82) is 5.26 Å². The summed E-state index contributed by atoms with van der Waals surface area (Å²) >= 11 is 5.74. The van der Waals surface area contributed by atoms with Crippen molar-refractivity contribution in [2.24, 2.45) is 0 Å². The number of halogens is 4. The second-order valence-corrected chi connectivity index (χ2v) is 4.54. The zero-order valence-electron chi connectivity index (χ0n) is 11.3. The van der Waals surface area contributed by atoms with E-state index in [2.05, 4.69) is 25.9 Å². The molecule has 0 fully saturated rings. The molecule has 0 aliphatic heterocycles. The molecule has 2 N–H and O–H groups in total. The lowest BCUT2D eigenvalue weighted by atomic mass is 10.1. The van der Waals surface area contributed by atoms with E-state index in [4.69, 9.17) is 16.9 Å². The zero-order valence-corrected chi connectivity index (χ0v) is 12.1. The van der Waals surface area contributed by atoms with Gasteiger partial charge in [0.2, 0.25) is 5.82 Å². The van der Waals surface area contributed by atoms with Crippen LogP contribution in [0.1, 0.15) is 11.4 Å². The number of nitro benzene ring substituents is 1. The summed E-state index contributed by atoms with van der Waals surface area (Å²) in [5.41, 5.74) is -2.79. The monoisotopic (exact) mass is 359 g/mol. The fourth-order valence-electron chi connectivity index (χ4n) is 1.58. The fourth-order valence-corrected chi connectivity index (χ4v) is 1.82. The van der Waals surface area contributed by atoms with Gasteiger partial charge in [0.05, 0.1) is 16.2 Å². The van der Waals surface area contributed by atoms with Crippen LogP contribution in [-0.2, 0) is 6.18 Å². The van der Waals surface area contributed by atoms with Gasteiger partial charge in [-0.2, -0.15) is 23.6 Å². The minimum absolute atomic E-state index is 0.123. The Morgan fingerprint density at radius 1 is 1.50 bits per heavy atom. The van der Waals surface area contributed by atoms with Crippen LogP contribution in [0, 0.1) is 21.4 Å². The predicted molar refractivity (Wildman–Crippen MR) is 74.5 cm³/mol. The van der Waals surface area contributed by atoms with Crippen LogP contribution in [0.15, 0.2) is 18.3 Å². The van der Waals surface area contributed by atoms with Crippen LogP contribution >= 0.6 is 11.6 Å². The summed E-state index contributed by atoms with van der Waals surface area (Å²) in [5, 5.41) is 34.0. The SMILES string of the molecule is N#CC(=CNc1cc(C(F)(F)F)cc([N+](=O)[O-])c1Cl)c1nn[nH]n1. The predicted octanol–water partition coefficient (Wildman–Crippen LogP) is 2.76. The van der Waals surface area contributed by atoms with Crippen LogP contribution < -0.4 is 5.32 Å². The van der Waals surface area contributed by atoms with Gasteiger partial charge in [0.15, 0.2) is 0 Å². The van der Waals surface area contributed by atoms with Crippen molar-refractivity contribution < 1.29 is 18.1 Å². The third-order valence-corrected chi connectivity index (χ3v) is 3.05. The van der Waals surface area contributed by atoms with Gasteiger partial charge in [-0.1, -0.05) is 11.6 Å². The van der Waals surface area contributed by atoms with Crippen LogP contribution in [0.25, 0.3) is 5.57 Å². The van der Waals surface area contributed by atoms with Crippen molar-refractivity contribution in [2.75, 3.05) is 5.32 Å². The molecule has 0 saturated carbocycles. The van der Waals surface area contributed by atoms with Gasteiger partial charge >= 0.3 is 6.18 Å². The van der Waals surface area contributed by atoms with E-state index < -0.39 is 33.1 Å². The Balaban J connectivity index is 2.48. The Morgan fingerprint density at radius 3 is 2.71 bits per heavy atom. The molecule has 0 unspecified atom stereocenters. The maximum Gasteiger partial charge on any atom is 0.416 e. The van der Waals surface area contributed by atoms with Gasteiger partial charge in [-0.25, -0.2) is 0 Å². The van der Waals surface area contributed by atoms with Crippen LogP contribution in [0.2, 0.25) is 5.02 Å². The van der Waals surface area contributed by atoms with E-state index in [9.17, 15) is 23.3 Å². The second-order valence-electron chi connectivity index (χ2n) is 4.16. The summed E-state index contributed by atoms with van der Waals surface area (Å²) in [6, 6.07) is 2.59. The van der Waals surface area contributed by atoms with Gasteiger partial charge in [0, 0.05) is 12.3 Å². The van der Waals surface area contributed by atoms with Gasteiger partial charge < -0.3 is 5.32 Å². The van der Waals surface area contributed by atoms with Gasteiger partial charge in [0.1, 0.15) is 16.7 Å². The summed E-state index contributed by atoms with van der Waals surface area (Å²) in [5.74, 6) is -0.123. The molecular weight excluding hydrogens is 355 g/mol. The zero-order chi connectivity index (χ0) is 17.9. The number of rotatable bonds is 4. The standard InChI is InChI=1S/C11H5ClF3N7O2/c12-9-7(17-4-5(3-16)10-18-20-21-19-10)1-6(11(13,14)15)2-8(9)22(23)24/h1-2,4,17H,(H,18,19,20,21). The smallest absolute Gasteiger partial charge is 0.359 e. The summed E-state index contributed by atoms with van der Waals surface area (Å²) < 4.78 is 38.5. The van der Waals surface area contributed by atoms with Gasteiger partial charge in [-0.3, -0.25) is 10.1 Å². The molecule has 124 valence electrons. The Kier molecular flexibility index (Phi) is 4.65. The number of nitriles is 1. The van der Waals surface area contributed by atoms with Gasteiger partial charge in [-0.05, 0) is 11.3 Å². The van der Waals surface area contributed by atoms with Gasteiger partial charge in [-0.15, -0.1) is 10.2 Å². The van der Waals surface area contributed by atoms with E-state index in [1.54, 1.807) is 6.07 Å². The van der Waals surface area contributed by atoms with E-state index in [0.717, 1.165) is 6.20 Å². The third kappa shape index (κ3) is 3.58. The van der Waals surface area contributed by atoms with E-state index in [0.29, 0.717) is 12.1 Å². The lowest BCUT2D eigenvalue weighted by Crippen LogP contribution is -2.07. The van der Waals surface area contributed by atoms with Crippen molar-refractivity contribution in [1.82, 2.24) is 20.6 Å². The first kappa shape index (κ1) is 17.2. The van der Waals surface area contributed by atoms with Crippen LogP contribution in [0.4, 0.5) is 24.5 Å². The first-order valence-corrected chi connectivity index (χ1v) is 6.27. The van der Waals surface area contributed by atoms with Crippen molar-refractivity contribution in [3.63, 3.8) is 0 Å². The number of aromatic nitrogens is 4. The van der Waals surface area contributed by atoms with Crippen molar-refractivity contribution in [3.8, 4) is 6.07 Å². The molecule has 9 nitrogen and oxygen atoms in total. The molecule has 0 spiro atoms. The lowest BCUT2D eigenvalue weighted by molar-refractivity contribution is -0.384. The molecule has 0 radical (unpaired) electrons. The Bertz CT molecular complexity index is 843. The number of hydrogen-bond donors (Lipinski definition) is 2. The molecule has 1 aromatic carbocycles. The minimum Gasteiger partial charge on any atom is -0.359 e. The Labute approximate surface area is 135 Å². The molecule has 2 rings (SSSR count). The maximum atomic E-state index is 12.8. The second kappa shape index (κ2) is 6.50. The maximum absolute atomic E-state index is 12.8. The van der Waals surface area contributed by atoms with Crippen LogP contribution in [0.5, 0.6) is 0 Å². The number of benzene rings is 1. The first-order chi connectivity index (χ1) is 11.2.